The number of benzene rings is 1. The van der Waals surface area contributed by atoms with Gasteiger partial charge in [0.05, 0.1) is 7.11 Å². The van der Waals surface area contributed by atoms with Crippen molar-refractivity contribution < 1.29 is 9.16 Å². The highest BCUT2D eigenvalue weighted by atomic mass is 28.4. The van der Waals surface area contributed by atoms with Crippen molar-refractivity contribution in [1.82, 2.24) is 4.98 Å². The first-order valence-corrected chi connectivity index (χ1v) is 14.1. The van der Waals surface area contributed by atoms with Crippen molar-refractivity contribution >= 4 is 16.6 Å². The number of nitrogens with one attached hydrogen (secondary N) is 1. The van der Waals surface area contributed by atoms with Gasteiger partial charge in [-0.05, 0) is 44.2 Å². The van der Waals surface area contributed by atoms with E-state index in [-0.39, 0.29) is 0 Å². The number of hydrogen-bond donors (Lipinski definition) is 1. The maximum Gasteiger partial charge on any atom is 0.242 e. The normalized spacial score (nSPS) is 12.3. The van der Waals surface area contributed by atoms with Gasteiger partial charge in [0.1, 0.15) is 19.7 Å². The van der Waals surface area contributed by atoms with Crippen LogP contribution in [0.1, 0.15) is 5.56 Å². The Morgan fingerprint density at radius 3 is 2.20 bits per heavy atom. The Balaban J connectivity index is 2.73. The second kappa shape index (κ2) is 6.78. The predicted octanol–water partition coefficient (Wildman–Crippen LogP) is 3.88. The molecule has 1 rings (SSSR count). The van der Waals surface area contributed by atoms with E-state index in [2.05, 4.69) is 56.4 Å². The van der Waals surface area contributed by atoms with Gasteiger partial charge < -0.3 is 14.1 Å². The summed E-state index contributed by atoms with van der Waals surface area (Å²) in [4.78, 5) is 3.63. The zero-order valence-corrected chi connectivity index (χ0v) is 16.0. The molecule has 0 unspecified atom stereocenters. The summed E-state index contributed by atoms with van der Waals surface area (Å²) in [5, 5.41) is 0. The molecule has 20 heavy (non-hydrogen) atoms. The van der Waals surface area contributed by atoms with Gasteiger partial charge in [-0.3, -0.25) is 0 Å². The smallest absolute Gasteiger partial charge is 0.242 e. The lowest BCUT2D eigenvalue weighted by Gasteiger charge is -2.21. The third-order valence-corrected chi connectivity index (χ3v) is 4.89. The molecular formula is C15H29NO2Si2. The minimum absolute atomic E-state index is 0.919. The number of ether oxygens (including phenoxy) is 1. The van der Waals surface area contributed by atoms with Gasteiger partial charge in [-0.25, -0.2) is 0 Å². The van der Waals surface area contributed by atoms with Crippen molar-refractivity contribution in [3.8, 4) is 11.5 Å². The van der Waals surface area contributed by atoms with E-state index in [1.54, 1.807) is 7.11 Å². The average molecular weight is 312 g/mol. The summed E-state index contributed by atoms with van der Waals surface area (Å²) in [7, 11) is -1.03. The van der Waals surface area contributed by atoms with Crippen LogP contribution in [0.3, 0.4) is 0 Å². The Labute approximate surface area is 125 Å². The summed E-state index contributed by atoms with van der Waals surface area (Å²) in [6.07, 6.45) is 0.987. The molecule has 0 bridgehead atoms. The summed E-state index contributed by atoms with van der Waals surface area (Å²) in [6.45, 7) is 14.5. The van der Waals surface area contributed by atoms with Crippen LogP contribution < -0.4 is 14.1 Å². The first-order chi connectivity index (χ1) is 9.11. The van der Waals surface area contributed by atoms with E-state index in [0.717, 1.165) is 24.5 Å². The minimum Gasteiger partial charge on any atom is -0.544 e. The Bertz CT molecular complexity index is 436. The van der Waals surface area contributed by atoms with Crippen molar-refractivity contribution in [2.24, 2.45) is 0 Å². The van der Waals surface area contributed by atoms with Crippen molar-refractivity contribution in [2.45, 2.75) is 45.7 Å². The Kier molecular flexibility index (Phi) is 5.85. The van der Waals surface area contributed by atoms with Gasteiger partial charge in [0.25, 0.3) is 0 Å². The molecule has 0 saturated carbocycles. The lowest BCUT2D eigenvalue weighted by atomic mass is 10.1. The fourth-order valence-electron chi connectivity index (χ4n) is 1.92. The molecule has 0 radical (unpaired) electrons. The third kappa shape index (κ3) is 6.59. The molecule has 0 aliphatic rings. The quantitative estimate of drug-likeness (QED) is 0.775. The van der Waals surface area contributed by atoms with E-state index in [1.165, 1.54) is 5.56 Å². The van der Waals surface area contributed by atoms with Gasteiger partial charge in [0, 0.05) is 6.07 Å². The minimum atomic E-state index is -1.56. The molecule has 0 aliphatic carbocycles. The first kappa shape index (κ1) is 17.3. The molecular weight excluding hydrogens is 282 g/mol. The standard InChI is InChI=1S/C15H29NO2Si2/c1-17-15-12-14(18-20(5,6)7)9-8-13(15)10-11-16-19(2,3)4/h8-9,12,16H,10-11H2,1-7H3. The van der Waals surface area contributed by atoms with Gasteiger partial charge in [-0.2, -0.15) is 0 Å². The van der Waals surface area contributed by atoms with Crippen LogP contribution in [0.25, 0.3) is 0 Å². The van der Waals surface area contributed by atoms with Crippen molar-refractivity contribution in [1.29, 1.82) is 0 Å². The maximum absolute atomic E-state index is 6.01. The topological polar surface area (TPSA) is 30.5 Å². The largest absolute Gasteiger partial charge is 0.544 e. The summed E-state index contributed by atoms with van der Waals surface area (Å²) >= 11 is 0. The maximum atomic E-state index is 6.01. The third-order valence-electron chi connectivity index (χ3n) is 2.73. The zero-order valence-electron chi connectivity index (χ0n) is 14.0. The highest BCUT2D eigenvalue weighted by Gasteiger charge is 2.17. The van der Waals surface area contributed by atoms with Crippen LogP contribution in [0.4, 0.5) is 0 Å². The second-order valence-corrected chi connectivity index (χ2v) is 16.4. The molecule has 0 spiro atoms. The van der Waals surface area contributed by atoms with E-state index in [1.807, 2.05) is 6.07 Å². The predicted molar refractivity (Wildman–Crippen MR) is 92.0 cm³/mol. The van der Waals surface area contributed by atoms with E-state index in [9.17, 15) is 0 Å². The molecule has 5 heteroatoms. The van der Waals surface area contributed by atoms with Gasteiger partial charge in [0.2, 0.25) is 8.32 Å². The molecule has 3 nitrogen and oxygen atoms in total. The van der Waals surface area contributed by atoms with E-state index in [4.69, 9.17) is 9.16 Å². The Hall–Kier alpha value is -0.786. The van der Waals surface area contributed by atoms with Crippen LogP contribution in [-0.4, -0.2) is 30.2 Å². The van der Waals surface area contributed by atoms with Crippen LogP contribution >= 0.6 is 0 Å². The lowest BCUT2D eigenvalue weighted by molar-refractivity contribution is 0.406. The summed E-state index contributed by atoms with van der Waals surface area (Å²) in [6, 6.07) is 6.20. The second-order valence-electron chi connectivity index (χ2n) is 7.11. The van der Waals surface area contributed by atoms with Gasteiger partial charge >= 0.3 is 0 Å². The Morgan fingerprint density at radius 2 is 1.70 bits per heavy atom. The highest BCUT2D eigenvalue weighted by Crippen LogP contribution is 2.26. The molecule has 1 aromatic rings. The van der Waals surface area contributed by atoms with Crippen LogP contribution in [0.2, 0.25) is 39.3 Å². The van der Waals surface area contributed by atoms with E-state index >= 15 is 0 Å². The number of methoxy groups -OCH3 is 1. The molecule has 0 saturated heterocycles. The molecule has 0 heterocycles. The van der Waals surface area contributed by atoms with Crippen molar-refractivity contribution in [2.75, 3.05) is 13.7 Å². The fourth-order valence-corrected chi connectivity index (χ4v) is 3.63. The molecule has 1 N–H and O–H groups in total. The molecule has 0 aromatic heterocycles. The van der Waals surface area contributed by atoms with Gasteiger partial charge in [-0.15, -0.1) is 0 Å². The van der Waals surface area contributed by atoms with Crippen LogP contribution in [0, 0.1) is 0 Å². The molecule has 0 atom stereocenters. The molecule has 1 aromatic carbocycles. The van der Waals surface area contributed by atoms with E-state index < -0.39 is 16.6 Å². The molecule has 0 aliphatic heterocycles. The molecule has 0 fully saturated rings. The van der Waals surface area contributed by atoms with Gasteiger partial charge in [-0.1, -0.05) is 25.7 Å². The highest BCUT2D eigenvalue weighted by molar-refractivity contribution is 6.73. The van der Waals surface area contributed by atoms with Crippen molar-refractivity contribution in [3.05, 3.63) is 23.8 Å². The monoisotopic (exact) mass is 311 g/mol. The van der Waals surface area contributed by atoms with Crippen LogP contribution in [0.15, 0.2) is 18.2 Å². The number of rotatable bonds is 7. The first-order valence-electron chi connectivity index (χ1n) is 7.22. The fraction of sp³-hybridized carbons (Fsp3) is 0.600. The van der Waals surface area contributed by atoms with Crippen molar-refractivity contribution in [3.63, 3.8) is 0 Å². The summed E-state index contributed by atoms with van der Waals surface area (Å²) in [5.41, 5.74) is 1.24. The molecule has 0 amide bonds. The van der Waals surface area contributed by atoms with Crippen LogP contribution in [0.5, 0.6) is 11.5 Å². The van der Waals surface area contributed by atoms with Gasteiger partial charge in [0.15, 0.2) is 0 Å². The lowest BCUT2D eigenvalue weighted by Crippen LogP contribution is -2.42. The summed E-state index contributed by atoms with van der Waals surface area (Å²) in [5.74, 6) is 1.85. The van der Waals surface area contributed by atoms with Crippen LogP contribution in [-0.2, 0) is 6.42 Å². The molecule has 114 valence electrons. The average Bonchev–Trinajstić information content (AvgIpc) is 2.27. The number of hydrogen-bond acceptors (Lipinski definition) is 3. The SMILES string of the molecule is COc1cc(O[Si](C)(C)C)ccc1CCN[Si](C)(C)C. The Morgan fingerprint density at radius 1 is 1.05 bits per heavy atom. The van der Waals surface area contributed by atoms with E-state index in [0.29, 0.717) is 0 Å². The summed E-state index contributed by atoms with van der Waals surface area (Å²) < 4.78 is 11.5. The zero-order chi connectivity index (χ0) is 15.4.